The summed E-state index contributed by atoms with van der Waals surface area (Å²) < 4.78 is 0. The van der Waals surface area contributed by atoms with Crippen molar-refractivity contribution in [1.82, 2.24) is 15.3 Å². The van der Waals surface area contributed by atoms with E-state index in [2.05, 4.69) is 15.3 Å². The van der Waals surface area contributed by atoms with Gasteiger partial charge in [-0.25, -0.2) is 0 Å². The third-order valence-corrected chi connectivity index (χ3v) is 2.46. The monoisotopic (exact) mass is 215 g/mol. The molecule has 0 amide bonds. The van der Waals surface area contributed by atoms with Crippen molar-refractivity contribution in [3.8, 4) is 0 Å². The lowest BCUT2D eigenvalue weighted by Gasteiger charge is -2.20. The summed E-state index contributed by atoms with van der Waals surface area (Å²) in [5, 5.41) is 3.26. The number of nitrogens with zero attached hydrogens (tertiary/aromatic N) is 1. The number of halogens is 1. The SMILES string of the molecule is Cl.O=c1[nH]ccnc1C1CCNCC1. The van der Waals surface area contributed by atoms with Gasteiger partial charge in [-0.2, -0.15) is 0 Å². The fourth-order valence-corrected chi connectivity index (χ4v) is 1.75. The van der Waals surface area contributed by atoms with Crippen LogP contribution in [0.5, 0.6) is 0 Å². The second-order valence-electron chi connectivity index (χ2n) is 3.33. The van der Waals surface area contributed by atoms with Crippen LogP contribution in [0.15, 0.2) is 17.2 Å². The van der Waals surface area contributed by atoms with Gasteiger partial charge in [0, 0.05) is 18.3 Å². The highest BCUT2D eigenvalue weighted by atomic mass is 35.5. The van der Waals surface area contributed by atoms with E-state index in [0.717, 1.165) is 25.9 Å². The van der Waals surface area contributed by atoms with Crippen LogP contribution >= 0.6 is 12.4 Å². The number of H-pyrrole nitrogens is 1. The quantitative estimate of drug-likeness (QED) is 0.724. The molecular weight excluding hydrogens is 202 g/mol. The van der Waals surface area contributed by atoms with Crippen LogP contribution in [0, 0.1) is 0 Å². The van der Waals surface area contributed by atoms with Gasteiger partial charge in [-0.15, -0.1) is 12.4 Å². The Labute approximate surface area is 88.6 Å². The first-order chi connectivity index (χ1) is 6.38. The number of aromatic nitrogens is 2. The molecule has 4 nitrogen and oxygen atoms in total. The zero-order valence-electron chi connectivity index (χ0n) is 7.82. The lowest BCUT2D eigenvalue weighted by molar-refractivity contribution is 0.450. The highest BCUT2D eigenvalue weighted by molar-refractivity contribution is 5.85. The van der Waals surface area contributed by atoms with E-state index in [-0.39, 0.29) is 18.0 Å². The van der Waals surface area contributed by atoms with Crippen LogP contribution in [-0.2, 0) is 0 Å². The summed E-state index contributed by atoms with van der Waals surface area (Å²) in [5.74, 6) is 0.339. The molecule has 0 bridgehead atoms. The maximum atomic E-state index is 11.4. The lowest BCUT2D eigenvalue weighted by Crippen LogP contribution is -2.30. The van der Waals surface area contributed by atoms with Gasteiger partial charge in [0.15, 0.2) is 0 Å². The van der Waals surface area contributed by atoms with E-state index in [4.69, 9.17) is 0 Å². The van der Waals surface area contributed by atoms with Crippen molar-refractivity contribution in [2.75, 3.05) is 13.1 Å². The second-order valence-corrected chi connectivity index (χ2v) is 3.33. The van der Waals surface area contributed by atoms with Gasteiger partial charge in [-0.3, -0.25) is 9.78 Å². The van der Waals surface area contributed by atoms with Crippen LogP contribution in [0.1, 0.15) is 24.5 Å². The molecule has 1 aliphatic rings. The maximum Gasteiger partial charge on any atom is 0.269 e. The van der Waals surface area contributed by atoms with Gasteiger partial charge < -0.3 is 10.3 Å². The highest BCUT2D eigenvalue weighted by Gasteiger charge is 2.18. The Bertz CT molecular complexity index is 333. The summed E-state index contributed by atoms with van der Waals surface area (Å²) in [6.07, 6.45) is 5.26. The van der Waals surface area contributed by atoms with E-state index >= 15 is 0 Å². The van der Waals surface area contributed by atoms with Crippen molar-refractivity contribution in [3.05, 3.63) is 28.4 Å². The zero-order valence-corrected chi connectivity index (χ0v) is 8.64. The summed E-state index contributed by atoms with van der Waals surface area (Å²) in [6, 6.07) is 0. The van der Waals surface area contributed by atoms with Crippen molar-refractivity contribution in [2.45, 2.75) is 18.8 Å². The Balaban J connectivity index is 0.000000980. The highest BCUT2D eigenvalue weighted by Crippen LogP contribution is 2.19. The molecule has 0 aliphatic carbocycles. The first-order valence-corrected chi connectivity index (χ1v) is 4.62. The molecule has 5 heteroatoms. The molecule has 0 spiro atoms. The third kappa shape index (κ3) is 2.33. The molecule has 0 aromatic carbocycles. The Hall–Kier alpha value is -0.870. The zero-order chi connectivity index (χ0) is 9.10. The van der Waals surface area contributed by atoms with Gasteiger partial charge in [-0.05, 0) is 25.9 Å². The van der Waals surface area contributed by atoms with E-state index < -0.39 is 0 Å². The molecule has 0 unspecified atom stereocenters. The molecule has 14 heavy (non-hydrogen) atoms. The van der Waals surface area contributed by atoms with Crippen LogP contribution in [0.4, 0.5) is 0 Å². The van der Waals surface area contributed by atoms with Crippen molar-refractivity contribution < 1.29 is 0 Å². The van der Waals surface area contributed by atoms with Gasteiger partial charge >= 0.3 is 0 Å². The van der Waals surface area contributed by atoms with Gasteiger partial charge in [0.2, 0.25) is 0 Å². The van der Waals surface area contributed by atoms with E-state index in [9.17, 15) is 4.79 Å². The number of nitrogens with one attached hydrogen (secondary N) is 2. The molecule has 1 fully saturated rings. The lowest BCUT2D eigenvalue weighted by atomic mass is 9.95. The van der Waals surface area contributed by atoms with Crippen molar-refractivity contribution >= 4 is 12.4 Å². The maximum absolute atomic E-state index is 11.4. The summed E-state index contributed by atoms with van der Waals surface area (Å²) in [4.78, 5) is 18.2. The van der Waals surface area contributed by atoms with Gasteiger partial charge in [0.05, 0.1) is 0 Å². The van der Waals surface area contributed by atoms with Gasteiger partial charge in [-0.1, -0.05) is 0 Å². The molecule has 0 saturated carbocycles. The number of hydrogen-bond acceptors (Lipinski definition) is 3. The fourth-order valence-electron chi connectivity index (χ4n) is 1.75. The topological polar surface area (TPSA) is 57.8 Å². The van der Waals surface area contributed by atoms with E-state index in [1.807, 2.05) is 0 Å². The summed E-state index contributed by atoms with van der Waals surface area (Å²) in [7, 11) is 0. The molecule has 1 aromatic heterocycles. The minimum absolute atomic E-state index is 0. The predicted octanol–water partition coefficient (Wildman–Crippen LogP) is 0.659. The minimum atomic E-state index is -0.0330. The molecule has 78 valence electrons. The molecular formula is C9H14ClN3O. The van der Waals surface area contributed by atoms with Crippen LogP contribution in [0.2, 0.25) is 0 Å². The smallest absolute Gasteiger partial charge is 0.269 e. The standard InChI is InChI=1S/C9H13N3O.ClH/c13-9-8(11-5-6-12-9)7-1-3-10-4-2-7;/h5-7,10H,1-4H2,(H,12,13);1H. The number of rotatable bonds is 1. The molecule has 0 atom stereocenters. The van der Waals surface area contributed by atoms with Crippen LogP contribution in [0.25, 0.3) is 0 Å². The van der Waals surface area contributed by atoms with Crippen molar-refractivity contribution in [3.63, 3.8) is 0 Å². The Morgan fingerprint density at radius 3 is 2.71 bits per heavy atom. The van der Waals surface area contributed by atoms with Gasteiger partial charge in [0.25, 0.3) is 5.56 Å². The molecule has 1 aromatic rings. The Kier molecular flexibility index (Phi) is 4.10. The van der Waals surface area contributed by atoms with Crippen molar-refractivity contribution in [1.29, 1.82) is 0 Å². The first-order valence-electron chi connectivity index (χ1n) is 4.62. The fraction of sp³-hybridized carbons (Fsp3) is 0.556. The van der Waals surface area contributed by atoms with Crippen LogP contribution < -0.4 is 10.9 Å². The molecule has 0 radical (unpaired) electrons. The van der Waals surface area contributed by atoms with E-state index in [1.165, 1.54) is 0 Å². The van der Waals surface area contributed by atoms with E-state index in [1.54, 1.807) is 12.4 Å². The summed E-state index contributed by atoms with van der Waals surface area (Å²) in [5.41, 5.74) is 0.665. The van der Waals surface area contributed by atoms with Crippen LogP contribution in [0.3, 0.4) is 0 Å². The number of piperidine rings is 1. The van der Waals surface area contributed by atoms with Gasteiger partial charge in [0.1, 0.15) is 5.69 Å². The summed E-state index contributed by atoms with van der Waals surface area (Å²) in [6.45, 7) is 1.97. The number of aromatic amines is 1. The largest absolute Gasteiger partial charge is 0.326 e. The van der Waals surface area contributed by atoms with E-state index in [0.29, 0.717) is 11.6 Å². The normalized spacial score (nSPS) is 17.4. The van der Waals surface area contributed by atoms with Crippen LogP contribution in [-0.4, -0.2) is 23.1 Å². The van der Waals surface area contributed by atoms with Crippen molar-refractivity contribution in [2.24, 2.45) is 0 Å². The molecule has 2 heterocycles. The number of hydrogen-bond donors (Lipinski definition) is 2. The average Bonchev–Trinajstić information content (AvgIpc) is 2.20. The molecule has 1 saturated heterocycles. The average molecular weight is 216 g/mol. The predicted molar refractivity (Wildman–Crippen MR) is 57.0 cm³/mol. The third-order valence-electron chi connectivity index (χ3n) is 2.46. The second kappa shape index (κ2) is 5.12. The molecule has 1 aliphatic heterocycles. The molecule has 2 rings (SSSR count). The summed E-state index contributed by atoms with van der Waals surface area (Å²) >= 11 is 0. The Morgan fingerprint density at radius 2 is 2.07 bits per heavy atom. The first kappa shape index (κ1) is 11.2. The Morgan fingerprint density at radius 1 is 1.36 bits per heavy atom. The minimum Gasteiger partial charge on any atom is -0.326 e. The molecule has 2 N–H and O–H groups in total.